The van der Waals surface area contributed by atoms with Crippen LogP contribution in [-0.4, -0.2) is 141 Å². The Morgan fingerprint density at radius 3 is 2.28 bits per heavy atom. The van der Waals surface area contributed by atoms with Gasteiger partial charge in [-0.25, -0.2) is 4.79 Å². The number of carbonyl (C=O) groups is 4. The molecule has 0 aliphatic carbocycles. The Kier molecular flexibility index (Phi) is 15.1. The molecule has 0 bridgehead atoms. The largest absolute Gasteiger partial charge is 0.395 e. The number of methoxy groups -OCH3 is 2. The van der Waals surface area contributed by atoms with Crippen LogP contribution in [0.5, 0.6) is 0 Å². The van der Waals surface area contributed by atoms with Crippen LogP contribution in [0.1, 0.15) is 60.3 Å². The maximum absolute atomic E-state index is 13.8. The fraction of sp³-hybridized carbons (Fsp3) is 0.867. The normalized spacial score (nSPS) is 24.1. The van der Waals surface area contributed by atoms with Crippen LogP contribution in [0.25, 0.3) is 0 Å². The van der Waals surface area contributed by atoms with Crippen molar-refractivity contribution in [2.75, 3.05) is 60.6 Å². The van der Waals surface area contributed by atoms with E-state index < -0.39 is 24.2 Å². The molecule has 0 aromatic carbocycles. The van der Waals surface area contributed by atoms with Crippen LogP contribution < -0.4 is 16.0 Å². The molecule has 13 nitrogen and oxygen atoms in total. The van der Waals surface area contributed by atoms with E-state index in [9.17, 15) is 19.2 Å². The van der Waals surface area contributed by atoms with Crippen molar-refractivity contribution in [3.63, 3.8) is 0 Å². The van der Waals surface area contributed by atoms with E-state index in [2.05, 4.69) is 16.0 Å². The number of carbonyl (C=O) groups excluding carboxylic acids is 4. The Morgan fingerprint density at radius 1 is 1.07 bits per heavy atom. The Balaban J connectivity index is 2.12. The number of nitrogens with zero attached hydrogens (tertiary/aromatic N) is 3. The molecule has 5 amide bonds. The number of aliphatic hydroxyl groups is 1. The van der Waals surface area contributed by atoms with E-state index in [1.54, 1.807) is 42.9 Å². The van der Waals surface area contributed by atoms with Crippen LogP contribution in [0.4, 0.5) is 4.79 Å². The van der Waals surface area contributed by atoms with Gasteiger partial charge in [0.1, 0.15) is 0 Å². The number of ether oxygens (including phenoxy) is 2. The molecule has 248 valence electrons. The number of amides is 5. The molecule has 2 rings (SSSR count). The van der Waals surface area contributed by atoms with Gasteiger partial charge >= 0.3 is 6.03 Å². The second-order valence-corrected chi connectivity index (χ2v) is 12.1. The summed E-state index contributed by atoms with van der Waals surface area (Å²) in [6.45, 7) is 11.6. The number of hydrogen-bond donors (Lipinski definition) is 4. The monoisotopic (exact) mass is 612 g/mol. The first-order valence-electron chi connectivity index (χ1n) is 15.7. The number of likely N-dealkylation sites (N-methyl/N-ethyl adjacent to an activating group) is 1. The zero-order chi connectivity index (χ0) is 32.3. The molecule has 0 saturated carbocycles. The predicted molar refractivity (Wildman–Crippen MR) is 163 cm³/mol. The number of aliphatic hydroxyl groups excluding tert-OH is 1. The van der Waals surface area contributed by atoms with E-state index in [0.29, 0.717) is 26.1 Å². The van der Waals surface area contributed by atoms with Gasteiger partial charge in [0.05, 0.1) is 49.8 Å². The van der Waals surface area contributed by atoms with E-state index in [1.165, 1.54) is 0 Å². The summed E-state index contributed by atoms with van der Waals surface area (Å²) in [7, 11) is 4.79. The van der Waals surface area contributed by atoms with Crippen LogP contribution in [0, 0.1) is 11.8 Å². The molecule has 2 fully saturated rings. The van der Waals surface area contributed by atoms with Gasteiger partial charge in [0.25, 0.3) is 0 Å². The molecule has 8 atom stereocenters. The minimum Gasteiger partial charge on any atom is -0.395 e. The molecule has 0 aromatic rings. The average Bonchev–Trinajstić information content (AvgIpc) is 3.47. The highest BCUT2D eigenvalue weighted by molar-refractivity contribution is 5.85. The Labute approximate surface area is 257 Å². The van der Waals surface area contributed by atoms with Crippen molar-refractivity contribution < 1.29 is 33.8 Å². The molecule has 0 aromatic heterocycles. The highest BCUT2D eigenvalue weighted by Crippen LogP contribution is 2.29. The van der Waals surface area contributed by atoms with E-state index >= 15 is 0 Å². The minimum atomic E-state index is -0.576. The third kappa shape index (κ3) is 9.50. The number of nitrogens with one attached hydrogen (secondary N) is 3. The average molecular weight is 613 g/mol. The molecule has 2 heterocycles. The summed E-state index contributed by atoms with van der Waals surface area (Å²) in [4.78, 5) is 57.8. The predicted octanol–water partition coefficient (Wildman–Crippen LogP) is 0.407. The van der Waals surface area contributed by atoms with Gasteiger partial charge < -0.3 is 45.2 Å². The van der Waals surface area contributed by atoms with Crippen LogP contribution in [-0.2, 0) is 23.9 Å². The lowest BCUT2D eigenvalue weighted by molar-refractivity contribution is -0.145. The molecule has 13 heteroatoms. The van der Waals surface area contributed by atoms with Gasteiger partial charge in [-0.15, -0.1) is 0 Å². The first-order chi connectivity index (χ1) is 20.4. The molecule has 43 heavy (non-hydrogen) atoms. The Bertz CT molecular complexity index is 913. The zero-order valence-corrected chi connectivity index (χ0v) is 27.4. The van der Waals surface area contributed by atoms with Gasteiger partial charge in [-0.05, 0) is 32.6 Å². The van der Waals surface area contributed by atoms with Gasteiger partial charge in [-0.1, -0.05) is 27.2 Å². The summed E-state index contributed by atoms with van der Waals surface area (Å²) in [5, 5.41) is 17.9. The van der Waals surface area contributed by atoms with Crippen molar-refractivity contribution in [3.8, 4) is 0 Å². The van der Waals surface area contributed by atoms with Crippen molar-refractivity contribution in [1.82, 2.24) is 30.7 Å². The summed E-state index contributed by atoms with van der Waals surface area (Å²) >= 11 is 0. The topological polar surface area (TPSA) is 153 Å². The van der Waals surface area contributed by atoms with Gasteiger partial charge in [0.15, 0.2) is 0 Å². The van der Waals surface area contributed by atoms with Crippen molar-refractivity contribution in [3.05, 3.63) is 0 Å². The van der Waals surface area contributed by atoms with Crippen LogP contribution in [0.2, 0.25) is 0 Å². The second-order valence-electron chi connectivity index (χ2n) is 12.1. The van der Waals surface area contributed by atoms with Crippen molar-refractivity contribution >= 4 is 23.8 Å². The Morgan fingerprint density at radius 2 is 1.72 bits per heavy atom. The lowest BCUT2D eigenvalue weighted by atomic mass is 9.90. The first kappa shape index (κ1) is 36.7. The Hall–Kier alpha value is -2.48. The number of piperazine rings is 1. The smallest absolute Gasteiger partial charge is 0.318 e. The summed E-state index contributed by atoms with van der Waals surface area (Å²) < 4.78 is 11.6. The third-order valence-corrected chi connectivity index (χ3v) is 9.17. The molecular weight excluding hydrogens is 556 g/mol. The van der Waals surface area contributed by atoms with Crippen LogP contribution in [0.3, 0.4) is 0 Å². The van der Waals surface area contributed by atoms with Crippen LogP contribution >= 0.6 is 0 Å². The molecule has 0 radical (unpaired) electrons. The summed E-state index contributed by atoms with van der Waals surface area (Å²) in [6.07, 6.45) is 1.23. The molecule has 2 aliphatic heterocycles. The van der Waals surface area contributed by atoms with Gasteiger partial charge in [0.2, 0.25) is 17.7 Å². The first-order valence-corrected chi connectivity index (χ1v) is 15.7. The minimum absolute atomic E-state index is 0.0124. The van der Waals surface area contributed by atoms with E-state index in [0.717, 1.165) is 12.8 Å². The third-order valence-electron chi connectivity index (χ3n) is 9.17. The van der Waals surface area contributed by atoms with Crippen molar-refractivity contribution in [1.29, 1.82) is 0 Å². The fourth-order valence-corrected chi connectivity index (χ4v) is 6.57. The SMILES string of the molecule is CC[C@H](C)[C@@H]([C@@H](CC(=O)N1CCC[C@H]1[C@H](OC)[C@@H](C)C(=O)NCCO)OC)N(C)C(=O)CNC(=O)N1[C@H](C)CNC[C@@H]1C. The fourth-order valence-electron chi connectivity index (χ4n) is 6.57. The van der Waals surface area contributed by atoms with Gasteiger partial charge in [-0.2, -0.15) is 0 Å². The highest BCUT2D eigenvalue weighted by Gasteiger charge is 2.42. The number of hydrogen-bond acceptors (Lipinski definition) is 8. The van der Waals surface area contributed by atoms with Crippen molar-refractivity contribution in [2.45, 2.75) is 96.7 Å². The number of rotatable bonds is 15. The number of likely N-dealkylation sites (tertiary alicyclic amines) is 1. The van der Waals surface area contributed by atoms with E-state index in [-0.39, 0.29) is 73.9 Å². The molecule has 0 spiro atoms. The summed E-state index contributed by atoms with van der Waals surface area (Å²) in [5.41, 5.74) is 0. The van der Waals surface area contributed by atoms with Crippen LogP contribution in [0.15, 0.2) is 0 Å². The van der Waals surface area contributed by atoms with E-state index in [1.807, 2.05) is 27.7 Å². The molecule has 4 N–H and O–H groups in total. The maximum Gasteiger partial charge on any atom is 0.318 e. The van der Waals surface area contributed by atoms with Gasteiger partial charge in [0, 0.05) is 59.5 Å². The van der Waals surface area contributed by atoms with Crippen molar-refractivity contribution in [2.24, 2.45) is 11.8 Å². The summed E-state index contributed by atoms with van der Waals surface area (Å²) in [6, 6.07) is -0.926. The van der Waals surface area contributed by atoms with Gasteiger partial charge in [-0.3, -0.25) is 14.4 Å². The highest BCUT2D eigenvalue weighted by atomic mass is 16.5. The molecule has 2 saturated heterocycles. The standard InChI is InChI=1S/C30H56N6O7/c1-9-19(2)27(34(6)26(39)18-33-30(41)36-20(3)16-31-17-21(36)4)24(42-7)15-25(38)35-13-10-11-23(35)28(43-8)22(5)29(40)32-12-14-37/h19-24,27-28,31,37H,9-18H2,1-8H3,(H,32,40)(H,33,41)/t19-,20-,21+,22+,23-,24+,27-,28+/m0/s1. The maximum atomic E-state index is 13.8. The lowest BCUT2D eigenvalue weighted by Crippen LogP contribution is -2.60. The quantitative estimate of drug-likeness (QED) is 0.208. The summed E-state index contributed by atoms with van der Waals surface area (Å²) in [5.74, 6) is -1.12. The molecular formula is C30H56N6O7. The lowest BCUT2D eigenvalue weighted by Gasteiger charge is -2.40. The number of urea groups is 1. The zero-order valence-electron chi connectivity index (χ0n) is 27.4. The molecule has 2 aliphatic rings. The van der Waals surface area contributed by atoms with E-state index in [4.69, 9.17) is 14.6 Å². The second kappa shape index (κ2) is 17.7. The molecule has 0 unspecified atom stereocenters.